The van der Waals surface area contributed by atoms with E-state index in [9.17, 15) is 0 Å². The van der Waals surface area contributed by atoms with Crippen molar-refractivity contribution in [3.8, 4) is 0 Å². The van der Waals surface area contributed by atoms with Gasteiger partial charge < -0.3 is 9.88 Å². The van der Waals surface area contributed by atoms with Crippen molar-refractivity contribution in [1.82, 2.24) is 14.9 Å². The molecule has 0 saturated heterocycles. The van der Waals surface area contributed by atoms with Gasteiger partial charge in [0.25, 0.3) is 0 Å². The summed E-state index contributed by atoms with van der Waals surface area (Å²) in [7, 11) is 0. The van der Waals surface area contributed by atoms with Crippen LogP contribution in [0, 0.1) is 0 Å². The van der Waals surface area contributed by atoms with E-state index in [1.54, 1.807) is 11.3 Å². The fraction of sp³-hybridized carbons (Fsp3) is 0.462. The first-order chi connectivity index (χ1) is 8.84. The molecule has 0 bridgehead atoms. The summed E-state index contributed by atoms with van der Waals surface area (Å²) in [4.78, 5) is 5.54. The average molecular weight is 326 g/mol. The summed E-state index contributed by atoms with van der Waals surface area (Å²) in [5, 5.41) is 5.82. The van der Waals surface area contributed by atoms with Crippen molar-refractivity contribution in [3.63, 3.8) is 0 Å². The second-order valence-corrected chi connectivity index (χ2v) is 6.54. The highest BCUT2D eigenvalue weighted by molar-refractivity contribution is 9.10. The van der Waals surface area contributed by atoms with Crippen LogP contribution in [0.3, 0.4) is 0 Å². The smallest absolute Gasteiger partial charge is 0.0949 e. The van der Waals surface area contributed by atoms with E-state index in [1.165, 1.54) is 28.6 Å². The van der Waals surface area contributed by atoms with Crippen molar-refractivity contribution in [1.29, 1.82) is 0 Å². The molecule has 0 aliphatic heterocycles. The Hall–Kier alpha value is -0.650. The normalized spacial score (nSPS) is 23.6. The van der Waals surface area contributed by atoms with Gasteiger partial charge in [0, 0.05) is 40.4 Å². The molecule has 3 nitrogen and oxygen atoms in total. The Morgan fingerprint density at radius 3 is 3.17 bits per heavy atom. The van der Waals surface area contributed by atoms with Crippen LogP contribution in [0.1, 0.15) is 30.2 Å². The monoisotopic (exact) mass is 325 g/mol. The molecule has 0 spiro atoms. The highest BCUT2D eigenvalue weighted by Crippen LogP contribution is 2.31. The van der Waals surface area contributed by atoms with E-state index in [0.717, 1.165) is 6.54 Å². The van der Waals surface area contributed by atoms with E-state index < -0.39 is 0 Å². The lowest BCUT2D eigenvalue weighted by Crippen LogP contribution is -2.32. The maximum Gasteiger partial charge on any atom is 0.0949 e. The van der Waals surface area contributed by atoms with Crippen LogP contribution in [-0.2, 0) is 6.54 Å². The van der Waals surface area contributed by atoms with Crippen LogP contribution in [0.4, 0.5) is 0 Å². The molecule has 0 radical (unpaired) electrons. The second kappa shape index (κ2) is 5.55. The van der Waals surface area contributed by atoms with Gasteiger partial charge in [0.05, 0.1) is 6.33 Å². The number of hydrogen-bond acceptors (Lipinski definition) is 3. The van der Waals surface area contributed by atoms with Crippen molar-refractivity contribution in [2.45, 2.75) is 37.9 Å². The fourth-order valence-corrected chi connectivity index (χ4v) is 4.12. The van der Waals surface area contributed by atoms with Crippen LogP contribution in [0.15, 0.2) is 34.6 Å². The van der Waals surface area contributed by atoms with Crippen molar-refractivity contribution in [3.05, 3.63) is 39.5 Å². The lowest BCUT2D eigenvalue weighted by atomic mass is 10.1. The second-order valence-electron chi connectivity index (χ2n) is 4.69. The van der Waals surface area contributed by atoms with Crippen LogP contribution >= 0.6 is 27.3 Å². The summed E-state index contributed by atoms with van der Waals surface area (Å²) in [6.07, 6.45) is 9.68. The molecule has 3 rings (SSSR count). The molecule has 0 aromatic carbocycles. The number of imidazole rings is 1. The number of nitrogens with one attached hydrogen (secondary N) is 1. The molecule has 2 unspecified atom stereocenters. The number of nitrogens with zero attached hydrogens (tertiary/aromatic N) is 2. The van der Waals surface area contributed by atoms with Crippen LogP contribution in [0.2, 0.25) is 0 Å². The van der Waals surface area contributed by atoms with Crippen LogP contribution in [-0.4, -0.2) is 15.6 Å². The third-order valence-corrected chi connectivity index (χ3v) is 5.53. The lowest BCUT2D eigenvalue weighted by molar-refractivity contribution is 0.391. The van der Waals surface area contributed by atoms with Crippen molar-refractivity contribution < 1.29 is 0 Å². The van der Waals surface area contributed by atoms with Crippen molar-refractivity contribution in [2.24, 2.45) is 0 Å². The Morgan fingerprint density at radius 1 is 1.50 bits per heavy atom. The molecule has 2 aromatic rings. The van der Waals surface area contributed by atoms with Gasteiger partial charge in [-0.3, -0.25) is 0 Å². The van der Waals surface area contributed by atoms with E-state index in [2.05, 4.69) is 48.4 Å². The maximum absolute atomic E-state index is 4.16. The van der Waals surface area contributed by atoms with Crippen LogP contribution in [0.5, 0.6) is 0 Å². The largest absolute Gasteiger partial charge is 0.333 e. The lowest BCUT2D eigenvalue weighted by Gasteiger charge is -2.22. The van der Waals surface area contributed by atoms with Gasteiger partial charge in [0.15, 0.2) is 0 Å². The molecule has 18 heavy (non-hydrogen) atoms. The van der Waals surface area contributed by atoms with Gasteiger partial charge in [-0.05, 0) is 46.6 Å². The average Bonchev–Trinajstić information content (AvgIpc) is 3.07. The molecule has 0 amide bonds. The van der Waals surface area contributed by atoms with Gasteiger partial charge in [0.2, 0.25) is 0 Å². The first-order valence-corrected chi connectivity index (χ1v) is 7.94. The third kappa shape index (κ3) is 2.53. The minimum absolute atomic E-state index is 0.561. The zero-order valence-corrected chi connectivity index (χ0v) is 12.5. The molecule has 96 valence electrons. The minimum Gasteiger partial charge on any atom is -0.333 e. The SMILES string of the molecule is Brc1ccsc1CNC1CCCC1n1ccnc1. The number of hydrogen-bond donors (Lipinski definition) is 1. The third-order valence-electron chi connectivity index (χ3n) is 3.60. The van der Waals surface area contributed by atoms with E-state index in [-0.39, 0.29) is 0 Å². The molecule has 1 saturated carbocycles. The van der Waals surface area contributed by atoms with Gasteiger partial charge in [0.1, 0.15) is 0 Å². The standard InChI is InChI=1S/C13H16BrN3S/c14-10-4-7-18-13(10)8-16-11-2-1-3-12(11)17-6-5-15-9-17/h4-7,9,11-12,16H,1-3,8H2. The van der Waals surface area contributed by atoms with Gasteiger partial charge >= 0.3 is 0 Å². The molecule has 2 heterocycles. The summed E-state index contributed by atoms with van der Waals surface area (Å²) >= 11 is 5.39. The molecule has 1 aliphatic carbocycles. The zero-order valence-electron chi connectivity index (χ0n) is 10.1. The van der Waals surface area contributed by atoms with Gasteiger partial charge in [-0.2, -0.15) is 0 Å². The van der Waals surface area contributed by atoms with E-state index in [0.29, 0.717) is 12.1 Å². The molecule has 2 atom stereocenters. The number of halogens is 1. The molecule has 5 heteroatoms. The fourth-order valence-electron chi connectivity index (χ4n) is 2.68. The van der Waals surface area contributed by atoms with E-state index >= 15 is 0 Å². The number of thiophene rings is 1. The van der Waals surface area contributed by atoms with Crippen LogP contribution in [0.25, 0.3) is 0 Å². The highest BCUT2D eigenvalue weighted by atomic mass is 79.9. The van der Waals surface area contributed by atoms with E-state index in [1.807, 2.05) is 12.5 Å². The highest BCUT2D eigenvalue weighted by Gasteiger charge is 2.27. The summed E-state index contributed by atoms with van der Waals surface area (Å²) in [5.74, 6) is 0. The molecular formula is C13H16BrN3S. The van der Waals surface area contributed by atoms with Crippen LogP contribution < -0.4 is 5.32 Å². The zero-order chi connectivity index (χ0) is 12.4. The van der Waals surface area contributed by atoms with Crippen molar-refractivity contribution in [2.75, 3.05) is 0 Å². The molecule has 1 fully saturated rings. The molecule has 1 N–H and O–H groups in total. The summed E-state index contributed by atoms with van der Waals surface area (Å²) < 4.78 is 3.46. The molecule has 2 aromatic heterocycles. The Labute approximate surface area is 119 Å². The summed E-state index contributed by atoms with van der Waals surface area (Å²) in [5.41, 5.74) is 0. The number of rotatable bonds is 4. The quantitative estimate of drug-likeness (QED) is 0.930. The first-order valence-electron chi connectivity index (χ1n) is 6.27. The minimum atomic E-state index is 0.561. The summed E-state index contributed by atoms with van der Waals surface area (Å²) in [6, 6.07) is 3.24. The van der Waals surface area contributed by atoms with Gasteiger partial charge in [-0.25, -0.2) is 4.98 Å². The predicted octanol–water partition coefficient (Wildman–Crippen LogP) is 3.59. The Balaban J connectivity index is 1.64. The van der Waals surface area contributed by atoms with Gasteiger partial charge in [-0.1, -0.05) is 0 Å². The van der Waals surface area contributed by atoms with E-state index in [4.69, 9.17) is 0 Å². The Kier molecular flexibility index (Phi) is 3.82. The number of aromatic nitrogens is 2. The molecule has 1 aliphatic rings. The van der Waals surface area contributed by atoms with Gasteiger partial charge in [-0.15, -0.1) is 11.3 Å². The maximum atomic E-state index is 4.16. The topological polar surface area (TPSA) is 29.9 Å². The molecular weight excluding hydrogens is 310 g/mol. The Bertz CT molecular complexity index is 494. The van der Waals surface area contributed by atoms with Crippen molar-refractivity contribution >= 4 is 27.3 Å². The first kappa shape index (κ1) is 12.4. The summed E-state index contributed by atoms with van der Waals surface area (Å²) in [6.45, 7) is 0.952. The Morgan fingerprint density at radius 2 is 2.44 bits per heavy atom. The predicted molar refractivity (Wildman–Crippen MR) is 77.8 cm³/mol.